The fraction of sp³-hybridized carbons (Fsp3) is 0.318. The Morgan fingerprint density at radius 2 is 1.97 bits per heavy atom. The van der Waals surface area contributed by atoms with Gasteiger partial charge in [0.2, 0.25) is 5.91 Å². The first-order valence-electron chi connectivity index (χ1n) is 10.4. The molecule has 0 bridgehead atoms. The molecule has 1 N–H and O–H groups in total. The maximum Gasteiger partial charge on any atom is 0.228 e. The molecule has 1 saturated carbocycles. The Hall–Kier alpha value is -3.26. The number of carbonyl (C=O) groups is 1. The minimum atomic E-state index is 0.0424. The van der Waals surface area contributed by atoms with E-state index in [1.807, 2.05) is 37.3 Å². The van der Waals surface area contributed by atoms with Crippen molar-refractivity contribution < 1.29 is 4.79 Å². The Labute approximate surface area is 184 Å². The van der Waals surface area contributed by atoms with Gasteiger partial charge in [-0.3, -0.25) is 4.79 Å². The summed E-state index contributed by atoms with van der Waals surface area (Å²) in [7, 11) is 0. The van der Waals surface area contributed by atoms with Gasteiger partial charge in [0.1, 0.15) is 12.1 Å². The summed E-state index contributed by atoms with van der Waals surface area (Å²) < 4.78 is 3.37. The van der Waals surface area contributed by atoms with Crippen LogP contribution < -0.4 is 5.32 Å². The van der Waals surface area contributed by atoms with Crippen molar-refractivity contribution in [2.75, 3.05) is 5.32 Å². The second-order valence-corrected chi connectivity index (χ2v) is 8.31. The third-order valence-corrected chi connectivity index (χ3v) is 5.89. The second-order valence-electron chi connectivity index (χ2n) is 7.88. The van der Waals surface area contributed by atoms with Crippen LogP contribution in [0.25, 0.3) is 22.5 Å². The lowest BCUT2D eigenvalue weighted by atomic mass is 9.89. The van der Waals surface area contributed by atoms with Crippen LogP contribution in [0.2, 0.25) is 5.02 Å². The molecule has 0 radical (unpaired) electrons. The predicted octanol–water partition coefficient (Wildman–Crippen LogP) is 4.48. The van der Waals surface area contributed by atoms with E-state index in [0.717, 1.165) is 42.5 Å². The smallest absolute Gasteiger partial charge is 0.228 e. The molecule has 4 aromatic rings. The number of hydrogen-bond acceptors (Lipinski definition) is 5. The highest BCUT2D eigenvalue weighted by atomic mass is 35.5. The van der Waals surface area contributed by atoms with Gasteiger partial charge in [-0.05, 0) is 38.0 Å². The third-order valence-electron chi connectivity index (χ3n) is 5.66. The molecule has 1 amide bonds. The standard InChI is InChI=1S/C22H22ClN7O/c1-14-10-19(27-22(31)15-6-3-2-4-7-15)30(28-14)21-18-12-26-29(20(18)24-13-25-21)17-9-5-8-16(23)11-17/h5,8-13,15H,2-4,6-7H2,1H3,(H,27,31). The number of fused-ring (bicyclic) bond motifs is 1. The molecule has 8 nitrogen and oxygen atoms in total. The molecule has 0 saturated heterocycles. The number of amides is 1. The first kappa shape index (κ1) is 19.7. The van der Waals surface area contributed by atoms with Crippen LogP contribution in [0.15, 0.2) is 42.9 Å². The van der Waals surface area contributed by atoms with Gasteiger partial charge in [-0.1, -0.05) is 36.9 Å². The summed E-state index contributed by atoms with van der Waals surface area (Å²) in [5.74, 6) is 1.25. The summed E-state index contributed by atoms with van der Waals surface area (Å²) in [6.45, 7) is 1.89. The molecular weight excluding hydrogens is 414 g/mol. The number of nitrogens with zero attached hydrogens (tertiary/aromatic N) is 6. The van der Waals surface area contributed by atoms with Crippen molar-refractivity contribution in [3.05, 3.63) is 53.6 Å². The number of aromatic nitrogens is 6. The number of rotatable bonds is 4. The van der Waals surface area contributed by atoms with Gasteiger partial charge in [-0.15, -0.1) is 0 Å². The minimum absolute atomic E-state index is 0.0424. The van der Waals surface area contributed by atoms with Crippen molar-refractivity contribution in [1.29, 1.82) is 0 Å². The summed E-state index contributed by atoms with van der Waals surface area (Å²) in [6, 6.07) is 9.27. The summed E-state index contributed by atoms with van der Waals surface area (Å²) in [5.41, 5.74) is 2.22. The number of aryl methyl sites for hydroxylation is 1. The van der Waals surface area contributed by atoms with Gasteiger partial charge in [0.15, 0.2) is 11.5 Å². The normalized spacial score (nSPS) is 14.8. The Morgan fingerprint density at radius 1 is 1.13 bits per heavy atom. The first-order valence-corrected chi connectivity index (χ1v) is 10.8. The lowest BCUT2D eigenvalue weighted by molar-refractivity contribution is -0.120. The monoisotopic (exact) mass is 435 g/mol. The number of nitrogens with one attached hydrogen (secondary N) is 1. The average molecular weight is 436 g/mol. The molecule has 1 aromatic carbocycles. The van der Waals surface area contributed by atoms with Gasteiger partial charge in [-0.25, -0.2) is 14.6 Å². The number of carbonyl (C=O) groups excluding carboxylic acids is 1. The van der Waals surface area contributed by atoms with Crippen LogP contribution in [0.1, 0.15) is 37.8 Å². The molecule has 31 heavy (non-hydrogen) atoms. The van der Waals surface area contributed by atoms with Gasteiger partial charge >= 0.3 is 0 Å². The van der Waals surface area contributed by atoms with E-state index in [2.05, 4.69) is 25.5 Å². The number of benzene rings is 1. The Balaban J connectivity index is 1.54. The van der Waals surface area contributed by atoms with E-state index in [1.54, 1.807) is 15.6 Å². The van der Waals surface area contributed by atoms with E-state index in [0.29, 0.717) is 22.3 Å². The van der Waals surface area contributed by atoms with Gasteiger partial charge in [0.25, 0.3) is 0 Å². The molecule has 1 aliphatic carbocycles. The Kier molecular flexibility index (Phi) is 5.15. The minimum Gasteiger partial charge on any atom is -0.310 e. The fourth-order valence-corrected chi connectivity index (χ4v) is 4.32. The van der Waals surface area contributed by atoms with Crippen LogP contribution in [0.4, 0.5) is 5.82 Å². The van der Waals surface area contributed by atoms with E-state index in [9.17, 15) is 4.79 Å². The van der Waals surface area contributed by atoms with Crippen LogP contribution in [-0.4, -0.2) is 35.4 Å². The molecular formula is C22H22ClN7O. The highest BCUT2D eigenvalue weighted by Gasteiger charge is 2.23. The lowest BCUT2D eigenvalue weighted by Gasteiger charge is -2.20. The SMILES string of the molecule is Cc1cc(NC(=O)C2CCCCC2)n(-c2ncnc3c2cnn3-c2cccc(Cl)c2)n1. The van der Waals surface area contributed by atoms with Crippen molar-refractivity contribution in [1.82, 2.24) is 29.5 Å². The maximum absolute atomic E-state index is 12.8. The second kappa shape index (κ2) is 8.11. The topological polar surface area (TPSA) is 90.5 Å². The van der Waals surface area contributed by atoms with Crippen LogP contribution in [0.3, 0.4) is 0 Å². The summed E-state index contributed by atoms with van der Waals surface area (Å²) in [6.07, 6.45) is 8.46. The van der Waals surface area contributed by atoms with Gasteiger partial charge < -0.3 is 5.32 Å². The van der Waals surface area contributed by atoms with E-state index < -0.39 is 0 Å². The number of anilines is 1. The van der Waals surface area contributed by atoms with Gasteiger partial charge in [-0.2, -0.15) is 14.9 Å². The maximum atomic E-state index is 12.8. The lowest BCUT2D eigenvalue weighted by Crippen LogP contribution is -2.26. The van der Waals surface area contributed by atoms with E-state index in [-0.39, 0.29) is 11.8 Å². The Bertz CT molecular complexity index is 1260. The van der Waals surface area contributed by atoms with E-state index >= 15 is 0 Å². The number of halogens is 1. The molecule has 0 aliphatic heterocycles. The Morgan fingerprint density at radius 3 is 2.77 bits per heavy atom. The summed E-state index contributed by atoms with van der Waals surface area (Å²) in [4.78, 5) is 21.7. The molecule has 0 unspecified atom stereocenters. The van der Waals surface area contributed by atoms with Crippen molar-refractivity contribution in [3.63, 3.8) is 0 Å². The van der Waals surface area contributed by atoms with Crippen LogP contribution in [0.5, 0.6) is 0 Å². The van der Waals surface area contributed by atoms with Crippen molar-refractivity contribution >= 4 is 34.4 Å². The van der Waals surface area contributed by atoms with Crippen LogP contribution >= 0.6 is 11.6 Å². The highest BCUT2D eigenvalue weighted by molar-refractivity contribution is 6.30. The molecule has 9 heteroatoms. The van der Waals surface area contributed by atoms with Gasteiger partial charge in [0, 0.05) is 17.0 Å². The quantitative estimate of drug-likeness (QED) is 0.510. The third kappa shape index (κ3) is 3.79. The van der Waals surface area contributed by atoms with Crippen molar-refractivity contribution in [3.8, 4) is 11.5 Å². The highest BCUT2D eigenvalue weighted by Crippen LogP contribution is 2.27. The molecule has 1 fully saturated rings. The van der Waals surface area contributed by atoms with Gasteiger partial charge in [0.05, 0.1) is 23.0 Å². The zero-order chi connectivity index (χ0) is 21.4. The summed E-state index contributed by atoms with van der Waals surface area (Å²) in [5, 5.41) is 13.5. The molecule has 1 aliphatic rings. The fourth-order valence-electron chi connectivity index (χ4n) is 4.14. The van der Waals surface area contributed by atoms with Crippen molar-refractivity contribution in [2.45, 2.75) is 39.0 Å². The molecule has 5 rings (SSSR count). The zero-order valence-electron chi connectivity index (χ0n) is 17.1. The number of hydrogen-bond donors (Lipinski definition) is 1. The van der Waals surface area contributed by atoms with Crippen LogP contribution in [0, 0.1) is 12.8 Å². The molecule has 0 spiro atoms. The molecule has 0 atom stereocenters. The molecule has 3 heterocycles. The summed E-state index contributed by atoms with van der Waals surface area (Å²) >= 11 is 6.15. The molecule has 3 aromatic heterocycles. The van der Waals surface area contributed by atoms with Crippen LogP contribution in [-0.2, 0) is 4.79 Å². The predicted molar refractivity (Wildman–Crippen MR) is 119 cm³/mol. The van der Waals surface area contributed by atoms with E-state index in [1.165, 1.54) is 12.7 Å². The molecule has 158 valence electrons. The largest absolute Gasteiger partial charge is 0.310 e. The van der Waals surface area contributed by atoms with Crippen molar-refractivity contribution in [2.24, 2.45) is 5.92 Å². The zero-order valence-corrected chi connectivity index (χ0v) is 17.9. The first-order chi connectivity index (χ1) is 15.1. The van der Waals surface area contributed by atoms with E-state index in [4.69, 9.17) is 11.6 Å². The average Bonchev–Trinajstić information content (AvgIpc) is 3.37.